The van der Waals surface area contributed by atoms with Crippen molar-refractivity contribution in [2.24, 2.45) is 0 Å². The van der Waals surface area contributed by atoms with Gasteiger partial charge in [0.1, 0.15) is 5.82 Å². The third-order valence-corrected chi connectivity index (χ3v) is 4.47. The van der Waals surface area contributed by atoms with Crippen LogP contribution in [0.5, 0.6) is 0 Å². The number of rotatable bonds is 12. The third kappa shape index (κ3) is 8.43. The first kappa shape index (κ1) is 27.4. The quantitative estimate of drug-likeness (QED) is 0.304. The zero-order chi connectivity index (χ0) is 25.0. The summed E-state index contributed by atoms with van der Waals surface area (Å²) < 4.78 is 5.96. The molecule has 0 saturated carbocycles. The van der Waals surface area contributed by atoms with Gasteiger partial charge in [-0.15, -0.1) is 0 Å². The van der Waals surface area contributed by atoms with E-state index >= 15 is 0 Å². The molecule has 4 amide bonds. The van der Waals surface area contributed by atoms with Crippen molar-refractivity contribution in [3.63, 3.8) is 0 Å². The van der Waals surface area contributed by atoms with E-state index in [0.29, 0.717) is 19.4 Å². The van der Waals surface area contributed by atoms with E-state index in [-0.39, 0.29) is 37.4 Å². The maximum atomic E-state index is 12.9. The number of imide groups is 1. The largest absolute Gasteiger partial charge is 0.456 e. The molecule has 0 radical (unpaired) electrons. The number of amides is 4. The van der Waals surface area contributed by atoms with Crippen molar-refractivity contribution < 1.29 is 23.9 Å². The van der Waals surface area contributed by atoms with Crippen LogP contribution < -0.4 is 32.5 Å². The Morgan fingerprint density at radius 3 is 2.39 bits per heavy atom. The molecule has 0 unspecified atom stereocenters. The number of ether oxygens (including phenoxy) is 1. The lowest BCUT2D eigenvalue weighted by Gasteiger charge is -2.24. The van der Waals surface area contributed by atoms with Gasteiger partial charge in [0.2, 0.25) is 5.91 Å². The van der Waals surface area contributed by atoms with Crippen molar-refractivity contribution in [3.05, 3.63) is 20.8 Å². The van der Waals surface area contributed by atoms with Gasteiger partial charge in [0, 0.05) is 26.1 Å². The minimum Gasteiger partial charge on any atom is -0.456 e. The molecule has 0 saturated heterocycles. The van der Waals surface area contributed by atoms with Crippen molar-refractivity contribution >= 4 is 35.3 Å². The van der Waals surface area contributed by atoms with Gasteiger partial charge in [-0.05, 0) is 19.8 Å². The molecule has 0 aliphatic heterocycles. The van der Waals surface area contributed by atoms with Crippen LogP contribution >= 0.6 is 0 Å². The van der Waals surface area contributed by atoms with E-state index in [9.17, 15) is 28.8 Å². The molecule has 0 atom stereocenters. The van der Waals surface area contributed by atoms with Crippen molar-refractivity contribution in [1.29, 1.82) is 0 Å². The molecule has 13 nitrogen and oxygen atoms in total. The molecule has 0 aliphatic carbocycles. The number of aromatic nitrogens is 2. The number of anilines is 2. The van der Waals surface area contributed by atoms with Crippen LogP contribution in [0, 0.1) is 0 Å². The number of H-pyrrole nitrogens is 1. The highest BCUT2D eigenvalue weighted by molar-refractivity contribution is 5.97. The number of urea groups is 1. The van der Waals surface area contributed by atoms with Crippen LogP contribution in [0.4, 0.5) is 16.3 Å². The molecule has 0 fully saturated rings. The second-order valence-electron chi connectivity index (χ2n) is 7.11. The predicted molar refractivity (Wildman–Crippen MR) is 121 cm³/mol. The molecule has 0 aromatic carbocycles. The standard InChI is InChI=1S/C20H32N6O7/c1-4-7-11-25(16-17(21)26(10-5-2)20(32)24-18(16)30)14(28)8-9-15(29)33-12-13(27)23-19(31)22-6-3/h4-12,21H2,1-3H3,(H,24,30,32)(H2,22,23,27,31). The molecule has 184 valence electrons. The van der Waals surface area contributed by atoms with Crippen molar-refractivity contribution in [3.8, 4) is 0 Å². The first-order valence-corrected chi connectivity index (χ1v) is 10.8. The number of unbranched alkanes of at least 4 members (excludes halogenated alkanes) is 1. The number of nitrogens with one attached hydrogen (secondary N) is 3. The Morgan fingerprint density at radius 1 is 1.09 bits per heavy atom. The Bertz CT molecular complexity index is 969. The summed E-state index contributed by atoms with van der Waals surface area (Å²) in [6.45, 7) is 5.46. The van der Waals surface area contributed by atoms with E-state index in [0.717, 1.165) is 6.42 Å². The number of nitrogens with zero attached hydrogens (tertiary/aromatic N) is 2. The number of nitrogens with two attached hydrogens (primary N) is 1. The molecule has 0 bridgehead atoms. The highest BCUT2D eigenvalue weighted by Crippen LogP contribution is 2.19. The fourth-order valence-electron chi connectivity index (χ4n) is 2.89. The molecular formula is C20H32N6O7. The molecule has 0 aliphatic rings. The van der Waals surface area contributed by atoms with Crippen molar-refractivity contribution in [2.75, 3.05) is 30.3 Å². The van der Waals surface area contributed by atoms with E-state index in [2.05, 4.69) is 10.3 Å². The highest BCUT2D eigenvalue weighted by Gasteiger charge is 2.24. The molecule has 1 aromatic rings. The topological polar surface area (TPSA) is 186 Å². The second-order valence-corrected chi connectivity index (χ2v) is 7.11. The predicted octanol–water partition coefficient (Wildman–Crippen LogP) is -0.169. The van der Waals surface area contributed by atoms with Crippen LogP contribution in [-0.2, 0) is 25.7 Å². The summed E-state index contributed by atoms with van der Waals surface area (Å²) >= 11 is 0. The maximum absolute atomic E-state index is 12.9. The molecule has 33 heavy (non-hydrogen) atoms. The normalized spacial score (nSPS) is 10.4. The van der Waals surface area contributed by atoms with Crippen LogP contribution in [0.3, 0.4) is 0 Å². The molecule has 1 heterocycles. The van der Waals surface area contributed by atoms with Crippen LogP contribution in [-0.4, -0.2) is 53.1 Å². The lowest BCUT2D eigenvalue weighted by Crippen LogP contribution is -2.42. The first-order chi connectivity index (χ1) is 15.7. The number of aromatic amines is 1. The summed E-state index contributed by atoms with van der Waals surface area (Å²) in [5.41, 5.74) is 4.46. The number of esters is 1. The van der Waals surface area contributed by atoms with Gasteiger partial charge in [-0.25, -0.2) is 9.59 Å². The summed E-state index contributed by atoms with van der Waals surface area (Å²) in [5, 5.41) is 4.33. The van der Waals surface area contributed by atoms with Crippen LogP contribution in [0.25, 0.3) is 0 Å². The number of nitrogen functional groups attached to an aromatic ring is 1. The number of carbonyl (C=O) groups is 4. The Kier molecular flexibility index (Phi) is 11.4. The Hall–Kier alpha value is -3.64. The summed E-state index contributed by atoms with van der Waals surface area (Å²) in [4.78, 5) is 75.5. The Labute approximate surface area is 190 Å². The lowest BCUT2D eigenvalue weighted by molar-refractivity contribution is -0.148. The van der Waals surface area contributed by atoms with Gasteiger partial charge >= 0.3 is 17.7 Å². The minimum atomic E-state index is -0.831. The summed E-state index contributed by atoms with van der Waals surface area (Å²) in [7, 11) is 0. The van der Waals surface area contributed by atoms with E-state index in [4.69, 9.17) is 10.5 Å². The van der Waals surface area contributed by atoms with Gasteiger partial charge < -0.3 is 20.7 Å². The maximum Gasteiger partial charge on any atom is 0.330 e. The smallest absolute Gasteiger partial charge is 0.330 e. The molecule has 0 spiro atoms. The lowest BCUT2D eigenvalue weighted by atomic mass is 10.2. The van der Waals surface area contributed by atoms with Crippen molar-refractivity contribution in [2.45, 2.75) is 59.4 Å². The second kappa shape index (κ2) is 13.7. The van der Waals surface area contributed by atoms with E-state index < -0.39 is 41.7 Å². The number of carbonyl (C=O) groups excluding carboxylic acids is 4. The monoisotopic (exact) mass is 468 g/mol. The molecule has 1 rings (SSSR count). The highest BCUT2D eigenvalue weighted by atomic mass is 16.5. The Balaban J connectivity index is 2.88. The van der Waals surface area contributed by atoms with Gasteiger partial charge in [-0.1, -0.05) is 20.3 Å². The van der Waals surface area contributed by atoms with Gasteiger partial charge in [0.25, 0.3) is 11.5 Å². The van der Waals surface area contributed by atoms with E-state index in [1.165, 1.54) is 9.47 Å². The van der Waals surface area contributed by atoms with Gasteiger partial charge in [-0.3, -0.25) is 34.0 Å². The minimum absolute atomic E-state index is 0.125. The van der Waals surface area contributed by atoms with E-state index in [1.54, 1.807) is 6.92 Å². The average molecular weight is 469 g/mol. The van der Waals surface area contributed by atoms with Crippen LogP contribution in [0.15, 0.2) is 9.59 Å². The molecule has 5 N–H and O–H groups in total. The molecule has 1 aromatic heterocycles. The zero-order valence-corrected chi connectivity index (χ0v) is 19.2. The Morgan fingerprint density at radius 2 is 1.79 bits per heavy atom. The fourth-order valence-corrected chi connectivity index (χ4v) is 2.89. The number of hydrogen-bond acceptors (Lipinski definition) is 8. The zero-order valence-electron chi connectivity index (χ0n) is 19.2. The van der Waals surface area contributed by atoms with Gasteiger partial charge in [0.05, 0.1) is 6.42 Å². The van der Waals surface area contributed by atoms with Crippen molar-refractivity contribution in [1.82, 2.24) is 20.2 Å². The summed E-state index contributed by atoms with van der Waals surface area (Å²) in [6, 6.07) is -0.715. The summed E-state index contributed by atoms with van der Waals surface area (Å²) in [5.74, 6) is -2.34. The third-order valence-electron chi connectivity index (χ3n) is 4.47. The first-order valence-electron chi connectivity index (χ1n) is 10.8. The SMILES string of the molecule is CCCCN(C(=O)CCC(=O)OCC(=O)NC(=O)NCC)c1c(N)n(CCC)c(=O)[nH]c1=O. The van der Waals surface area contributed by atoms with Gasteiger partial charge in [0.15, 0.2) is 12.3 Å². The van der Waals surface area contributed by atoms with Crippen LogP contribution in [0.1, 0.15) is 52.9 Å². The fraction of sp³-hybridized carbons (Fsp3) is 0.600. The number of hydrogen-bond donors (Lipinski definition) is 4. The molecular weight excluding hydrogens is 436 g/mol. The van der Waals surface area contributed by atoms with Gasteiger partial charge in [-0.2, -0.15) is 0 Å². The van der Waals surface area contributed by atoms with Crippen LogP contribution in [0.2, 0.25) is 0 Å². The average Bonchev–Trinajstić information content (AvgIpc) is 2.75. The molecule has 13 heteroatoms. The summed E-state index contributed by atoms with van der Waals surface area (Å²) in [6.07, 6.45) is 1.19. The van der Waals surface area contributed by atoms with E-state index in [1.807, 2.05) is 19.2 Å².